The maximum atomic E-state index is 4.32. The zero-order valence-electron chi connectivity index (χ0n) is 15.4. The van der Waals surface area contributed by atoms with Crippen LogP contribution in [0.2, 0.25) is 0 Å². The summed E-state index contributed by atoms with van der Waals surface area (Å²) in [7, 11) is 1.82. The van der Waals surface area contributed by atoms with Gasteiger partial charge in [-0.15, -0.1) is 0 Å². The highest BCUT2D eigenvalue weighted by Crippen LogP contribution is 2.17. The van der Waals surface area contributed by atoms with Gasteiger partial charge in [0.05, 0.1) is 0 Å². The van der Waals surface area contributed by atoms with Crippen molar-refractivity contribution in [2.75, 3.05) is 33.2 Å². The number of aromatic nitrogens is 1. The lowest BCUT2D eigenvalue weighted by Gasteiger charge is -2.27. The van der Waals surface area contributed by atoms with Crippen LogP contribution in [0.4, 0.5) is 0 Å². The van der Waals surface area contributed by atoms with Crippen LogP contribution in [-0.4, -0.2) is 55.1 Å². The van der Waals surface area contributed by atoms with Gasteiger partial charge >= 0.3 is 0 Å². The van der Waals surface area contributed by atoms with Crippen molar-refractivity contribution < 1.29 is 0 Å². The number of nitrogens with zero attached hydrogens (tertiary/aromatic N) is 2. The number of guanidine groups is 1. The average Bonchev–Trinajstić information content (AvgIpc) is 3.02. The van der Waals surface area contributed by atoms with E-state index in [1.54, 1.807) is 0 Å². The lowest BCUT2D eigenvalue weighted by atomic mass is 10.1. The number of likely N-dealkylation sites (N-methyl/N-ethyl adjacent to an activating group) is 1. The SMILES string of the molecule is CCN(CC)C(C)CNC(=NC)NCCc1c[nH]c2ccccc12. The summed E-state index contributed by atoms with van der Waals surface area (Å²) in [5.41, 5.74) is 2.54. The lowest BCUT2D eigenvalue weighted by molar-refractivity contribution is 0.231. The van der Waals surface area contributed by atoms with Crippen LogP contribution in [-0.2, 0) is 6.42 Å². The van der Waals surface area contributed by atoms with Gasteiger partial charge < -0.3 is 15.6 Å². The topological polar surface area (TPSA) is 55.4 Å². The molecule has 2 aromatic rings. The third-order valence-electron chi connectivity index (χ3n) is 4.59. The smallest absolute Gasteiger partial charge is 0.191 e. The Morgan fingerprint density at radius 3 is 2.67 bits per heavy atom. The van der Waals surface area contributed by atoms with E-state index in [0.717, 1.165) is 38.6 Å². The van der Waals surface area contributed by atoms with Gasteiger partial charge in [-0.1, -0.05) is 32.0 Å². The van der Waals surface area contributed by atoms with Crippen molar-refractivity contribution in [3.63, 3.8) is 0 Å². The van der Waals surface area contributed by atoms with E-state index in [2.05, 4.69) is 76.7 Å². The Kier molecular flexibility index (Phi) is 7.12. The number of aliphatic imine (C=N–C) groups is 1. The van der Waals surface area contributed by atoms with Crippen LogP contribution >= 0.6 is 0 Å². The molecule has 5 heteroatoms. The van der Waals surface area contributed by atoms with Gasteiger partial charge in [-0.05, 0) is 38.1 Å². The molecule has 1 unspecified atom stereocenters. The fraction of sp³-hybridized carbons (Fsp3) is 0.526. The van der Waals surface area contributed by atoms with E-state index in [1.165, 1.54) is 16.5 Å². The summed E-state index contributed by atoms with van der Waals surface area (Å²) in [6.45, 7) is 10.6. The minimum Gasteiger partial charge on any atom is -0.361 e. The third-order valence-corrected chi connectivity index (χ3v) is 4.59. The summed E-state index contributed by atoms with van der Waals surface area (Å²) in [4.78, 5) is 10.1. The van der Waals surface area contributed by atoms with E-state index in [1.807, 2.05) is 7.05 Å². The molecule has 0 spiro atoms. The van der Waals surface area contributed by atoms with Crippen molar-refractivity contribution in [3.8, 4) is 0 Å². The Bertz CT molecular complexity index is 642. The highest BCUT2D eigenvalue weighted by Gasteiger charge is 2.10. The Morgan fingerprint density at radius 1 is 1.21 bits per heavy atom. The standard InChI is InChI=1S/C19H31N5/c1-5-24(6-2)15(3)13-23-19(20-4)21-12-11-16-14-22-18-10-8-7-9-17(16)18/h7-10,14-15,22H,5-6,11-13H2,1-4H3,(H2,20,21,23). The average molecular weight is 329 g/mol. The minimum absolute atomic E-state index is 0.493. The van der Waals surface area contributed by atoms with E-state index in [-0.39, 0.29) is 0 Å². The first-order chi connectivity index (χ1) is 11.7. The predicted octanol–water partition coefficient (Wildman–Crippen LogP) is 2.61. The van der Waals surface area contributed by atoms with Gasteiger partial charge in [0, 0.05) is 43.3 Å². The molecule has 0 saturated carbocycles. The van der Waals surface area contributed by atoms with Crippen molar-refractivity contribution in [2.45, 2.75) is 33.2 Å². The Hall–Kier alpha value is -2.01. The van der Waals surface area contributed by atoms with Gasteiger partial charge in [0.15, 0.2) is 5.96 Å². The van der Waals surface area contributed by atoms with E-state index < -0.39 is 0 Å². The van der Waals surface area contributed by atoms with Crippen LogP contribution in [0.5, 0.6) is 0 Å². The van der Waals surface area contributed by atoms with Crippen LogP contribution < -0.4 is 10.6 Å². The van der Waals surface area contributed by atoms with Crippen LogP contribution in [0.15, 0.2) is 35.5 Å². The molecule has 5 nitrogen and oxygen atoms in total. The monoisotopic (exact) mass is 329 g/mol. The normalized spacial score (nSPS) is 13.5. The van der Waals surface area contributed by atoms with E-state index in [9.17, 15) is 0 Å². The molecule has 0 amide bonds. The molecule has 1 aromatic heterocycles. The number of fused-ring (bicyclic) bond motifs is 1. The highest BCUT2D eigenvalue weighted by molar-refractivity contribution is 5.83. The Labute approximate surface area is 145 Å². The van der Waals surface area contributed by atoms with Crippen molar-refractivity contribution >= 4 is 16.9 Å². The van der Waals surface area contributed by atoms with Gasteiger partial charge in [-0.25, -0.2) is 0 Å². The van der Waals surface area contributed by atoms with Crippen LogP contribution in [0.1, 0.15) is 26.3 Å². The first-order valence-corrected chi connectivity index (χ1v) is 8.93. The van der Waals surface area contributed by atoms with Crippen molar-refractivity contribution in [1.82, 2.24) is 20.5 Å². The number of hydrogen-bond acceptors (Lipinski definition) is 2. The molecular formula is C19H31N5. The van der Waals surface area contributed by atoms with Gasteiger partial charge in [0.25, 0.3) is 0 Å². The largest absolute Gasteiger partial charge is 0.361 e. The molecule has 24 heavy (non-hydrogen) atoms. The maximum absolute atomic E-state index is 4.32. The molecule has 3 N–H and O–H groups in total. The summed E-state index contributed by atoms with van der Waals surface area (Å²) >= 11 is 0. The third kappa shape index (κ3) is 4.74. The van der Waals surface area contributed by atoms with Crippen molar-refractivity contribution in [3.05, 3.63) is 36.0 Å². The summed E-state index contributed by atoms with van der Waals surface area (Å²) in [6, 6.07) is 8.92. The molecule has 0 fully saturated rings. The molecule has 0 aliphatic rings. The van der Waals surface area contributed by atoms with Gasteiger partial charge in [-0.2, -0.15) is 0 Å². The fourth-order valence-corrected chi connectivity index (χ4v) is 3.10. The summed E-state index contributed by atoms with van der Waals surface area (Å²) < 4.78 is 0. The molecule has 1 heterocycles. The van der Waals surface area contributed by atoms with Crippen LogP contribution in [0.3, 0.4) is 0 Å². The molecule has 2 rings (SSSR count). The maximum Gasteiger partial charge on any atom is 0.191 e. The van der Waals surface area contributed by atoms with Crippen molar-refractivity contribution in [1.29, 1.82) is 0 Å². The second-order valence-corrected chi connectivity index (χ2v) is 6.06. The fourth-order valence-electron chi connectivity index (χ4n) is 3.10. The minimum atomic E-state index is 0.493. The first-order valence-electron chi connectivity index (χ1n) is 8.93. The van der Waals surface area contributed by atoms with Gasteiger partial charge in [0.2, 0.25) is 0 Å². The molecule has 0 saturated heterocycles. The number of benzene rings is 1. The number of aromatic amines is 1. The summed E-state index contributed by atoms with van der Waals surface area (Å²) in [5, 5.41) is 8.14. The van der Waals surface area contributed by atoms with Crippen LogP contribution in [0, 0.1) is 0 Å². The van der Waals surface area contributed by atoms with Gasteiger partial charge in [0.1, 0.15) is 0 Å². The molecule has 0 aliphatic heterocycles. The molecule has 0 aliphatic carbocycles. The van der Waals surface area contributed by atoms with Crippen LogP contribution in [0.25, 0.3) is 10.9 Å². The van der Waals surface area contributed by atoms with E-state index in [4.69, 9.17) is 0 Å². The second kappa shape index (κ2) is 9.33. The molecule has 1 atom stereocenters. The molecule has 132 valence electrons. The molecule has 0 radical (unpaired) electrons. The second-order valence-electron chi connectivity index (χ2n) is 6.06. The van der Waals surface area contributed by atoms with Gasteiger partial charge in [-0.3, -0.25) is 9.89 Å². The lowest BCUT2D eigenvalue weighted by Crippen LogP contribution is -2.46. The number of nitrogens with one attached hydrogen (secondary N) is 3. The molecule has 1 aromatic carbocycles. The summed E-state index contributed by atoms with van der Waals surface area (Å²) in [6.07, 6.45) is 3.07. The zero-order valence-corrected chi connectivity index (χ0v) is 15.4. The number of H-pyrrole nitrogens is 1. The number of para-hydroxylation sites is 1. The Balaban J connectivity index is 1.79. The number of hydrogen-bond donors (Lipinski definition) is 3. The quantitative estimate of drug-likeness (QED) is 0.515. The zero-order chi connectivity index (χ0) is 17.4. The van der Waals surface area contributed by atoms with Crippen molar-refractivity contribution in [2.24, 2.45) is 4.99 Å². The highest BCUT2D eigenvalue weighted by atomic mass is 15.2. The molecular weight excluding hydrogens is 298 g/mol. The molecule has 0 bridgehead atoms. The van der Waals surface area contributed by atoms with E-state index >= 15 is 0 Å². The van der Waals surface area contributed by atoms with E-state index in [0.29, 0.717) is 6.04 Å². The summed E-state index contributed by atoms with van der Waals surface area (Å²) in [5.74, 6) is 0.869. The Morgan fingerprint density at radius 2 is 1.96 bits per heavy atom. The number of rotatable bonds is 8. The first kappa shape index (κ1) is 18.3. The predicted molar refractivity (Wildman–Crippen MR) is 104 cm³/mol.